The van der Waals surface area contributed by atoms with E-state index in [1.54, 1.807) is 32.0 Å². The lowest BCUT2D eigenvalue weighted by atomic mass is 10.1. The molecule has 1 rings (SSSR count). The average molecular weight is 471 g/mol. The van der Waals surface area contributed by atoms with Crippen molar-refractivity contribution in [1.82, 2.24) is 10.6 Å². The van der Waals surface area contributed by atoms with Crippen molar-refractivity contribution in [2.75, 3.05) is 25.9 Å². The highest BCUT2D eigenvalue weighted by molar-refractivity contribution is 14.0. The third-order valence-corrected chi connectivity index (χ3v) is 5.75. The molecule has 24 heavy (non-hydrogen) atoms. The first-order valence-electron chi connectivity index (χ1n) is 7.62. The van der Waals surface area contributed by atoms with E-state index in [1.165, 1.54) is 12.3 Å². The van der Waals surface area contributed by atoms with E-state index in [2.05, 4.69) is 15.6 Å². The summed E-state index contributed by atoms with van der Waals surface area (Å²) in [6.07, 6.45) is 1.73. The topological polar surface area (TPSA) is 70.6 Å². The third-order valence-electron chi connectivity index (χ3n) is 3.61. The van der Waals surface area contributed by atoms with Gasteiger partial charge in [0.25, 0.3) is 0 Å². The SMILES string of the molecule is CCNC(=NCC(C)(C)S(C)(=O)=O)NCCc1ccccc1F.I. The van der Waals surface area contributed by atoms with Crippen LogP contribution >= 0.6 is 24.0 Å². The molecule has 0 aliphatic heterocycles. The van der Waals surface area contributed by atoms with E-state index in [0.717, 1.165) is 0 Å². The van der Waals surface area contributed by atoms with Crippen LogP contribution in [0.4, 0.5) is 4.39 Å². The second-order valence-corrected chi connectivity index (χ2v) is 8.64. The van der Waals surface area contributed by atoms with Gasteiger partial charge in [-0.05, 0) is 38.8 Å². The van der Waals surface area contributed by atoms with Crippen molar-refractivity contribution in [2.24, 2.45) is 4.99 Å². The number of sulfone groups is 1. The fourth-order valence-electron chi connectivity index (χ4n) is 1.75. The molecule has 0 aliphatic carbocycles. The number of nitrogens with zero attached hydrogens (tertiary/aromatic N) is 1. The summed E-state index contributed by atoms with van der Waals surface area (Å²) in [7, 11) is -3.19. The van der Waals surface area contributed by atoms with Gasteiger partial charge in [0.1, 0.15) is 5.82 Å². The largest absolute Gasteiger partial charge is 0.357 e. The summed E-state index contributed by atoms with van der Waals surface area (Å²) in [5, 5.41) is 6.16. The summed E-state index contributed by atoms with van der Waals surface area (Å²) in [6.45, 7) is 6.54. The van der Waals surface area contributed by atoms with Crippen LogP contribution in [0.15, 0.2) is 29.3 Å². The minimum Gasteiger partial charge on any atom is -0.357 e. The van der Waals surface area contributed by atoms with Crippen molar-refractivity contribution in [3.8, 4) is 0 Å². The van der Waals surface area contributed by atoms with Gasteiger partial charge in [-0.2, -0.15) is 0 Å². The van der Waals surface area contributed by atoms with Crippen molar-refractivity contribution in [3.05, 3.63) is 35.6 Å². The van der Waals surface area contributed by atoms with Crippen molar-refractivity contribution in [1.29, 1.82) is 0 Å². The Morgan fingerprint density at radius 1 is 1.25 bits per heavy atom. The van der Waals surface area contributed by atoms with E-state index in [4.69, 9.17) is 0 Å². The predicted molar refractivity (Wildman–Crippen MR) is 108 cm³/mol. The molecular weight excluding hydrogens is 444 g/mol. The van der Waals surface area contributed by atoms with Crippen LogP contribution < -0.4 is 10.6 Å². The van der Waals surface area contributed by atoms with Crippen LogP contribution in [0, 0.1) is 5.82 Å². The normalized spacial score (nSPS) is 12.5. The maximum atomic E-state index is 13.6. The molecule has 0 amide bonds. The number of benzene rings is 1. The molecule has 138 valence electrons. The first-order chi connectivity index (χ1) is 10.7. The zero-order valence-corrected chi connectivity index (χ0v) is 17.7. The number of halogens is 2. The minimum atomic E-state index is -3.19. The Morgan fingerprint density at radius 3 is 2.42 bits per heavy atom. The standard InChI is InChI=1S/C16H26FN3O2S.HI/c1-5-18-15(20-12-16(2,3)23(4,21)22)19-11-10-13-8-6-7-9-14(13)17;/h6-9H,5,10-12H2,1-4H3,(H2,18,19,20);1H. The van der Waals surface area contributed by atoms with Crippen LogP contribution in [0.25, 0.3) is 0 Å². The zero-order chi connectivity index (χ0) is 17.5. The first kappa shape index (κ1) is 23.1. The third kappa shape index (κ3) is 7.33. The Kier molecular flexibility index (Phi) is 9.79. The van der Waals surface area contributed by atoms with Gasteiger partial charge >= 0.3 is 0 Å². The smallest absolute Gasteiger partial charge is 0.191 e. The number of aliphatic imine (C=N–C) groups is 1. The molecule has 0 radical (unpaired) electrons. The van der Waals surface area contributed by atoms with Gasteiger partial charge in [0, 0.05) is 19.3 Å². The number of nitrogens with one attached hydrogen (secondary N) is 2. The fraction of sp³-hybridized carbons (Fsp3) is 0.562. The lowest BCUT2D eigenvalue weighted by molar-refractivity contribution is 0.554. The highest BCUT2D eigenvalue weighted by Crippen LogP contribution is 2.15. The van der Waals surface area contributed by atoms with Crippen molar-refractivity contribution < 1.29 is 12.8 Å². The number of hydrogen-bond acceptors (Lipinski definition) is 3. The molecule has 0 bridgehead atoms. The fourth-order valence-corrected chi connectivity index (χ4v) is 2.04. The van der Waals surface area contributed by atoms with Crippen molar-refractivity contribution in [2.45, 2.75) is 31.9 Å². The Morgan fingerprint density at radius 2 is 1.88 bits per heavy atom. The van der Waals surface area contributed by atoms with Gasteiger partial charge < -0.3 is 10.6 Å². The summed E-state index contributed by atoms with van der Waals surface area (Å²) < 4.78 is 36.0. The monoisotopic (exact) mass is 471 g/mol. The quantitative estimate of drug-likeness (QED) is 0.364. The molecule has 0 saturated carbocycles. The van der Waals surface area contributed by atoms with Gasteiger partial charge in [0.05, 0.1) is 11.3 Å². The van der Waals surface area contributed by atoms with E-state index in [1.807, 2.05) is 6.92 Å². The second kappa shape index (κ2) is 10.2. The molecule has 0 saturated heterocycles. The molecule has 0 spiro atoms. The van der Waals surface area contributed by atoms with Crippen LogP contribution in [0.3, 0.4) is 0 Å². The summed E-state index contributed by atoms with van der Waals surface area (Å²) in [6, 6.07) is 6.63. The number of hydrogen-bond donors (Lipinski definition) is 2. The molecule has 1 aromatic carbocycles. The molecule has 0 aromatic heterocycles. The summed E-state index contributed by atoms with van der Waals surface area (Å²) in [5.41, 5.74) is 0.632. The van der Waals surface area contributed by atoms with Gasteiger partial charge in [-0.15, -0.1) is 24.0 Å². The van der Waals surface area contributed by atoms with E-state index >= 15 is 0 Å². The highest BCUT2D eigenvalue weighted by Gasteiger charge is 2.29. The van der Waals surface area contributed by atoms with E-state index in [9.17, 15) is 12.8 Å². The highest BCUT2D eigenvalue weighted by atomic mass is 127. The molecular formula is C16H27FIN3O2S. The molecule has 0 fully saturated rings. The van der Waals surface area contributed by atoms with Crippen molar-refractivity contribution in [3.63, 3.8) is 0 Å². The minimum absolute atomic E-state index is 0. The Hall–Kier alpha value is -0.900. The van der Waals surface area contributed by atoms with Gasteiger partial charge in [0.15, 0.2) is 15.8 Å². The summed E-state index contributed by atoms with van der Waals surface area (Å²) in [4.78, 5) is 4.33. The Labute approximate surface area is 161 Å². The molecule has 5 nitrogen and oxygen atoms in total. The molecule has 2 N–H and O–H groups in total. The number of rotatable bonds is 7. The van der Waals surface area contributed by atoms with E-state index in [0.29, 0.717) is 31.0 Å². The maximum absolute atomic E-state index is 13.6. The lowest BCUT2D eigenvalue weighted by Gasteiger charge is -2.21. The summed E-state index contributed by atoms with van der Waals surface area (Å²) >= 11 is 0. The zero-order valence-electron chi connectivity index (χ0n) is 14.6. The average Bonchev–Trinajstić information content (AvgIpc) is 2.45. The van der Waals surface area contributed by atoms with Crippen LogP contribution in [0.2, 0.25) is 0 Å². The molecule has 0 atom stereocenters. The van der Waals surface area contributed by atoms with Gasteiger partial charge in [-0.1, -0.05) is 18.2 Å². The lowest BCUT2D eigenvalue weighted by Crippen LogP contribution is -2.41. The second-order valence-electron chi connectivity index (χ2n) is 6.00. The van der Waals surface area contributed by atoms with Crippen LogP contribution in [0.1, 0.15) is 26.3 Å². The van der Waals surface area contributed by atoms with Gasteiger partial charge in [0.2, 0.25) is 0 Å². The van der Waals surface area contributed by atoms with E-state index in [-0.39, 0.29) is 36.3 Å². The van der Waals surface area contributed by atoms with Crippen LogP contribution in [-0.4, -0.2) is 45.0 Å². The Bertz CT molecular complexity index is 648. The maximum Gasteiger partial charge on any atom is 0.191 e. The van der Waals surface area contributed by atoms with E-state index < -0.39 is 14.6 Å². The van der Waals surface area contributed by atoms with Crippen LogP contribution in [0.5, 0.6) is 0 Å². The molecule has 1 aromatic rings. The molecule has 8 heteroatoms. The van der Waals surface area contributed by atoms with Crippen molar-refractivity contribution >= 4 is 39.8 Å². The number of guanidine groups is 1. The first-order valence-corrected chi connectivity index (χ1v) is 9.51. The molecule has 0 heterocycles. The molecule has 0 unspecified atom stereocenters. The van der Waals surface area contributed by atoms with Gasteiger partial charge in [-0.25, -0.2) is 12.8 Å². The summed E-state index contributed by atoms with van der Waals surface area (Å²) in [5.74, 6) is 0.301. The van der Waals surface area contributed by atoms with Gasteiger partial charge in [-0.3, -0.25) is 4.99 Å². The van der Waals surface area contributed by atoms with Crippen LogP contribution in [-0.2, 0) is 16.3 Å². The Balaban J connectivity index is 0.00000529. The predicted octanol–water partition coefficient (Wildman–Crippen LogP) is 2.36. The molecule has 0 aliphatic rings.